The SMILES string of the molecule is CC(C)(C)OC(=O)NC1C2CN(c3cc(F)c(F)cc3F)CC21. The van der Waals surface area contributed by atoms with E-state index in [4.69, 9.17) is 4.74 Å². The summed E-state index contributed by atoms with van der Waals surface area (Å²) >= 11 is 0. The summed E-state index contributed by atoms with van der Waals surface area (Å²) in [6, 6.07) is 1.44. The molecule has 1 saturated carbocycles. The summed E-state index contributed by atoms with van der Waals surface area (Å²) < 4.78 is 45.2. The van der Waals surface area contributed by atoms with Crippen LogP contribution in [0.15, 0.2) is 12.1 Å². The van der Waals surface area contributed by atoms with Crippen LogP contribution in [0.25, 0.3) is 0 Å². The van der Waals surface area contributed by atoms with Gasteiger partial charge in [-0.1, -0.05) is 0 Å². The first kappa shape index (κ1) is 16.0. The van der Waals surface area contributed by atoms with Crippen LogP contribution in [-0.2, 0) is 4.74 Å². The summed E-state index contributed by atoms with van der Waals surface area (Å²) in [7, 11) is 0. The van der Waals surface area contributed by atoms with Gasteiger partial charge < -0.3 is 15.0 Å². The van der Waals surface area contributed by atoms with Crippen LogP contribution in [0, 0.1) is 29.3 Å². The minimum Gasteiger partial charge on any atom is -0.444 e. The number of ether oxygens (including phenoxy) is 1. The minimum absolute atomic E-state index is 0.00513. The zero-order valence-corrected chi connectivity index (χ0v) is 13.2. The molecule has 23 heavy (non-hydrogen) atoms. The van der Waals surface area contributed by atoms with Gasteiger partial charge in [0.1, 0.15) is 11.4 Å². The van der Waals surface area contributed by atoms with E-state index in [1.54, 1.807) is 25.7 Å². The molecular weight excluding hydrogens is 309 g/mol. The van der Waals surface area contributed by atoms with Crippen molar-refractivity contribution in [1.29, 1.82) is 0 Å². The highest BCUT2D eigenvalue weighted by atomic mass is 19.2. The standard InChI is InChI=1S/C16H19F3N2O2/c1-16(2,3)23-15(22)20-14-8-6-21(7-9(8)14)13-5-11(18)10(17)4-12(13)19/h4-5,8-9,14H,6-7H2,1-3H3,(H,20,22). The third kappa shape index (κ3) is 3.23. The van der Waals surface area contributed by atoms with Crippen LogP contribution in [0.4, 0.5) is 23.7 Å². The van der Waals surface area contributed by atoms with Crippen molar-refractivity contribution in [1.82, 2.24) is 5.32 Å². The molecule has 1 aliphatic heterocycles. The summed E-state index contributed by atoms with van der Waals surface area (Å²) in [5.74, 6) is -2.68. The summed E-state index contributed by atoms with van der Waals surface area (Å²) in [6.45, 7) is 6.34. The molecule has 2 aliphatic rings. The highest BCUT2D eigenvalue weighted by Gasteiger charge is 2.57. The zero-order chi connectivity index (χ0) is 16.9. The van der Waals surface area contributed by atoms with E-state index in [-0.39, 0.29) is 23.6 Å². The number of hydrogen-bond acceptors (Lipinski definition) is 3. The van der Waals surface area contributed by atoms with E-state index in [9.17, 15) is 18.0 Å². The van der Waals surface area contributed by atoms with Crippen molar-refractivity contribution >= 4 is 11.8 Å². The van der Waals surface area contributed by atoms with Gasteiger partial charge in [0.25, 0.3) is 0 Å². The van der Waals surface area contributed by atoms with Crippen LogP contribution in [-0.4, -0.2) is 30.8 Å². The van der Waals surface area contributed by atoms with Gasteiger partial charge in [-0.15, -0.1) is 0 Å². The van der Waals surface area contributed by atoms with Crippen molar-refractivity contribution in [3.63, 3.8) is 0 Å². The number of fused-ring (bicyclic) bond motifs is 1. The van der Waals surface area contributed by atoms with Gasteiger partial charge in [0.05, 0.1) is 5.69 Å². The highest BCUT2D eigenvalue weighted by Crippen LogP contribution is 2.47. The number of benzene rings is 1. The third-order valence-corrected chi connectivity index (χ3v) is 4.21. The Kier molecular flexibility index (Phi) is 3.69. The molecule has 0 bridgehead atoms. The molecule has 1 aromatic carbocycles. The summed E-state index contributed by atoms with van der Waals surface area (Å²) in [5.41, 5.74) is -0.498. The Labute approximate surface area is 132 Å². The number of halogens is 3. The molecule has 2 fully saturated rings. The number of alkyl carbamates (subject to hydrolysis) is 1. The number of anilines is 1. The Morgan fingerprint density at radius 3 is 2.26 bits per heavy atom. The van der Waals surface area contributed by atoms with Crippen LogP contribution in [0.5, 0.6) is 0 Å². The van der Waals surface area contributed by atoms with Gasteiger partial charge in [0, 0.05) is 43.1 Å². The lowest BCUT2D eigenvalue weighted by molar-refractivity contribution is 0.0518. The van der Waals surface area contributed by atoms with Crippen LogP contribution >= 0.6 is 0 Å². The molecule has 1 heterocycles. The maximum Gasteiger partial charge on any atom is 0.407 e. The Bertz CT molecular complexity index is 633. The van der Waals surface area contributed by atoms with Crippen molar-refractivity contribution in [2.24, 2.45) is 11.8 Å². The normalized spacial score (nSPS) is 26.0. The molecular formula is C16H19F3N2O2. The van der Waals surface area contributed by atoms with Gasteiger partial charge in [0.2, 0.25) is 0 Å². The second kappa shape index (κ2) is 5.32. The van der Waals surface area contributed by atoms with Crippen LogP contribution < -0.4 is 10.2 Å². The van der Waals surface area contributed by atoms with Gasteiger partial charge in [-0.2, -0.15) is 0 Å². The molecule has 2 unspecified atom stereocenters. The van der Waals surface area contributed by atoms with Gasteiger partial charge in [0.15, 0.2) is 11.6 Å². The fourth-order valence-electron chi connectivity index (χ4n) is 3.14. The molecule has 0 radical (unpaired) electrons. The number of nitrogens with zero attached hydrogens (tertiary/aromatic N) is 1. The second-order valence-corrected chi connectivity index (χ2v) is 7.12. The summed E-state index contributed by atoms with van der Waals surface area (Å²) in [5, 5.41) is 2.80. The Morgan fingerprint density at radius 1 is 1.13 bits per heavy atom. The fraction of sp³-hybridized carbons (Fsp3) is 0.562. The van der Waals surface area contributed by atoms with Crippen LogP contribution in [0.3, 0.4) is 0 Å². The lowest BCUT2D eigenvalue weighted by Crippen LogP contribution is -2.38. The molecule has 3 rings (SSSR count). The number of nitrogens with one attached hydrogen (secondary N) is 1. The molecule has 1 saturated heterocycles. The summed E-state index contributed by atoms with van der Waals surface area (Å²) in [6.07, 6.45) is -0.470. The van der Waals surface area contributed by atoms with E-state index >= 15 is 0 Å². The third-order valence-electron chi connectivity index (χ3n) is 4.21. The smallest absolute Gasteiger partial charge is 0.407 e. The van der Waals surface area contributed by atoms with E-state index in [0.717, 1.165) is 6.07 Å². The van der Waals surface area contributed by atoms with Gasteiger partial charge >= 0.3 is 6.09 Å². The quantitative estimate of drug-likeness (QED) is 0.849. The predicted molar refractivity (Wildman–Crippen MR) is 78.7 cm³/mol. The molecule has 1 aromatic rings. The Morgan fingerprint density at radius 2 is 1.70 bits per heavy atom. The number of hydrogen-bond donors (Lipinski definition) is 1. The van der Waals surface area contributed by atoms with Crippen molar-refractivity contribution in [3.05, 3.63) is 29.6 Å². The fourth-order valence-corrected chi connectivity index (χ4v) is 3.14. The molecule has 2 atom stereocenters. The number of amides is 1. The monoisotopic (exact) mass is 328 g/mol. The lowest BCUT2D eigenvalue weighted by atomic mass is 10.2. The number of piperidine rings is 1. The molecule has 1 amide bonds. The number of carbonyl (C=O) groups is 1. The van der Waals surface area contributed by atoms with Crippen molar-refractivity contribution in [2.75, 3.05) is 18.0 Å². The van der Waals surface area contributed by atoms with E-state index in [2.05, 4.69) is 5.32 Å². The van der Waals surface area contributed by atoms with E-state index in [1.165, 1.54) is 0 Å². The average Bonchev–Trinajstić information content (AvgIpc) is 2.85. The molecule has 7 heteroatoms. The topological polar surface area (TPSA) is 41.6 Å². The lowest BCUT2D eigenvalue weighted by Gasteiger charge is -2.24. The zero-order valence-electron chi connectivity index (χ0n) is 13.2. The molecule has 1 N–H and O–H groups in total. The maximum absolute atomic E-state index is 13.8. The first-order valence-corrected chi connectivity index (χ1v) is 7.55. The van der Waals surface area contributed by atoms with Crippen LogP contribution in [0.2, 0.25) is 0 Å². The van der Waals surface area contributed by atoms with E-state index < -0.39 is 29.1 Å². The largest absolute Gasteiger partial charge is 0.444 e. The van der Waals surface area contributed by atoms with E-state index in [1.807, 2.05) is 0 Å². The Balaban J connectivity index is 1.58. The highest BCUT2D eigenvalue weighted by molar-refractivity contribution is 5.69. The van der Waals surface area contributed by atoms with Gasteiger partial charge in [-0.3, -0.25) is 0 Å². The average molecular weight is 328 g/mol. The predicted octanol–water partition coefficient (Wildman–Crippen LogP) is 3.06. The molecule has 1 aliphatic carbocycles. The van der Waals surface area contributed by atoms with E-state index in [0.29, 0.717) is 19.2 Å². The Hall–Kier alpha value is -1.92. The van der Waals surface area contributed by atoms with Crippen molar-refractivity contribution in [2.45, 2.75) is 32.4 Å². The van der Waals surface area contributed by atoms with Crippen LogP contribution in [0.1, 0.15) is 20.8 Å². The van der Waals surface area contributed by atoms with Gasteiger partial charge in [-0.25, -0.2) is 18.0 Å². The molecule has 126 valence electrons. The maximum atomic E-state index is 13.8. The molecule has 0 spiro atoms. The second-order valence-electron chi connectivity index (χ2n) is 7.12. The number of carbonyl (C=O) groups excluding carboxylic acids is 1. The van der Waals surface area contributed by atoms with Gasteiger partial charge in [-0.05, 0) is 20.8 Å². The summed E-state index contributed by atoms with van der Waals surface area (Å²) in [4.78, 5) is 13.4. The number of rotatable bonds is 2. The molecule has 0 aromatic heterocycles. The first-order valence-electron chi connectivity index (χ1n) is 7.55. The molecule has 4 nitrogen and oxygen atoms in total. The minimum atomic E-state index is -1.19. The first-order chi connectivity index (χ1) is 10.7. The van der Waals surface area contributed by atoms with Crippen molar-refractivity contribution < 1.29 is 22.7 Å². The van der Waals surface area contributed by atoms with Crippen molar-refractivity contribution in [3.8, 4) is 0 Å².